The predicted molar refractivity (Wildman–Crippen MR) is 104 cm³/mol. The number of hydrogen-bond acceptors (Lipinski definition) is 4. The minimum Gasteiger partial charge on any atom is -0.355 e. The maximum absolute atomic E-state index is 4.33. The number of halogens is 1. The zero-order valence-corrected chi connectivity index (χ0v) is 16.6. The Balaban J connectivity index is 0.00000220. The fraction of sp³-hybridized carbons (Fsp3) is 0.929. The highest BCUT2D eigenvalue weighted by molar-refractivity contribution is 14.0. The molecule has 2 N–H and O–H groups in total. The van der Waals surface area contributed by atoms with Crippen molar-refractivity contribution in [3.05, 3.63) is 0 Å². The fourth-order valence-electron chi connectivity index (χ4n) is 2.77. The molecule has 7 heteroatoms. The molecule has 2 aliphatic rings. The molecule has 2 fully saturated rings. The molecule has 2 atom stereocenters. The number of rotatable bonds is 4. The quantitative estimate of drug-likeness (QED) is 0.397. The van der Waals surface area contributed by atoms with E-state index >= 15 is 0 Å². The topological polar surface area (TPSA) is 42.9 Å². The molecule has 124 valence electrons. The third kappa shape index (κ3) is 6.50. The Labute approximate surface area is 150 Å². The summed E-state index contributed by atoms with van der Waals surface area (Å²) < 4.78 is 0. The Bertz CT molecular complexity index is 322. The molecule has 21 heavy (non-hydrogen) atoms. The van der Waals surface area contributed by atoms with Crippen molar-refractivity contribution in [3.8, 4) is 0 Å². The maximum atomic E-state index is 4.33. The van der Waals surface area contributed by atoms with E-state index in [1.54, 1.807) is 0 Å². The second-order valence-electron chi connectivity index (χ2n) is 5.87. The number of nitrogens with zero attached hydrogens (tertiary/aromatic N) is 3. The lowest BCUT2D eigenvalue weighted by Gasteiger charge is -2.38. The lowest BCUT2D eigenvalue weighted by molar-refractivity contribution is 0.116. The third-order valence-electron chi connectivity index (χ3n) is 4.23. The predicted octanol–water partition coefficient (Wildman–Crippen LogP) is 0.911. The molecule has 2 unspecified atom stereocenters. The molecule has 0 aliphatic carbocycles. The standard InChI is InChI=1S/C14H29N5S.HI/c1-15-14(17-10-13-5-4-8-20-13)16-9-12-11-18(2)6-7-19(12)3;/h12-13H,4-11H2,1-3H3,(H2,15,16,17);1H. The highest BCUT2D eigenvalue weighted by atomic mass is 127. The Hall–Kier alpha value is 0.270. The largest absolute Gasteiger partial charge is 0.355 e. The number of piperazine rings is 1. The van der Waals surface area contributed by atoms with Crippen LogP contribution in [0.1, 0.15) is 12.8 Å². The Morgan fingerprint density at radius 2 is 2.00 bits per heavy atom. The van der Waals surface area contributed by atoms with E-state index in [9.17, 15) is 0 Å². The molecule has 2 aliphatic heterocycles. The van der Waals surface area contributed by atoms with Crippen LogP contribution in [0, 0.1) is 0 Å². The molecule has 0 aromatic rings. The lowest BCUT2D eigenvalue weighted by atomic mass is 10.2. The lowest BCUT2D eigenvalue weighted by Crippen LogP contribution is -2.55. The van der Waals surface area contributed by atoms with Crippen LogP contribution in [0.5, 0.6) is 0 Å². The highest BCUT2D eigenvalue weighted by Crippen LogP contribution is 2.25. The number of aliphatic imine (C=N–C) groups is 1. The van der Waals surface area contributed by atoms with Crippen molar-refractivity contribution in [1.29, 1.82) is 0 Å². The van der Waals surface area contributed by atoms with E-state index < -0.39 is 0 Å². The van der Waals surface area contributed by atoms with Gasteiger partial charge in [-0.3, -0.25) is 9.89 Å². The van der Waals surface area contributed by atoms with Crippen LogP contribution >= 0.6 is 35.7 Å². The van der Waals surface area contributed by atoms with Crippen molar-refractivity contribution < 1.29 is 0 Å². The smallest absolute Gasteiger partial charge is 0.191 e. The molecule has 0 radical (unpaired) electrons. The minimum absolute atomic E-state index is 0. The number of thioether (sulfide) groups is 1. The van der Waals surface area contributed by atoms with Crippen molar-refractivity contribution in [2.24, 2.45) is 4.99 Å². The molecule has 0 saturated carbocycles. The van der Waals surface area contributed by atoms with Gasteiger partial charge < -0.3 is 15.5 Å². The van der Waals surface area contributed by atoms with Crippen LogP contribution in [0.15, 0.2) is 4.99 Å². The van der Waals surface area contributed by atoms with E-state index in [0.29, 0.717) is 6.04 Å². The summed E-state index contributed by atoms with van der Waals surface area (Å²) in [5, 5.41) is 7.70. The number of nitrogens with one attached hydrogen (secondary N) is 2. The Morgan fingerprint density at radius 1 is 1.24 bits per heavy atom. The van der Waals surface area contributed by atoms with Crippen molar-refractivity contribution in [1.82, 2.24) is 20.4 Å². The first-order chi connectivity index (χ1) is 9.69. The van der Waals surface area contributed by atoms with E-state index in [-0.39, 0.29) is 24.0 Å². The minimum atomic E-state index is 0. The second-order valence-corrected chi connectivity index (χ2v) is 7.27. The van der Waals surface area contributed by atoms with Gasteiger partial charge in [0.2, 0.25) is 0 Å². The summed E-state index contributed by atoms with van der Waals surface area (Å²) in [6.07, 6.45) is 2.70. The van der Waals surface area contributed by atoms with E-state index in [0.717, 1.165) is 37.4 Å². The summed E-state index contributed by atoms with van der Waals surface area (Å²) in [5.74, 6) is 2.26. The summed E-state index contributed by atoms with van der Waals surface area (Å²) in [6.45, 7) is 5.43. The van der Waals surface area contributed by atoms with Gasteiger partial charge in [-0.15, -0.1) is 24.0 Å². The zero-order chi connectivity index (χ0) is 14.4. The van der Waals surface area contributed by atoms with Crippen LogP contribution in [0.3, 0.4) is 0 Å². The first kappa shape index (κ1) is 19.3. The maximum Gasteiger partial charge on any atom is 0.191 e. The third-order valence-corrected chi connectivity index (χ3v) is 5.63. The molecule has 0 amide bonds. The Morgan fingerprint density at radius 3 is 2.67 bits per heavy atom. The van der Waals surface area contributed by atoms with Gasteiger partial charge in [0.1, 0.15) is 0 Å². The van der Waals surface area contributed by atoms with Crippen LogP contribution < -0.4 is 10.6 Å². The van der Waals surface area contributed by atoms with Gasteiger partial charge >= 0.3 is 0 Å². The molecule has 2 heterocycles. The number of hydrogen-bond donors (Lipinski definition) is 2. The molecule has 0 bridgehead atoms. The summed E-state index contributed by atoms with van der Waals surface area (Å²) in [4.78, 5) is 9.17. The Kier molecular flexibility index (Phi) is 9.31. The molecule has 0 spiro atoms. The van der Waals surface area contributed by atoms with Gasteiger partial charge in [0.15, 0.2) is 5.96 Å². The summed E-state index contributed by atoms with van der Waals surface area (Å²) in [6, 6.07) is 0.563. The molecule has 0 aromatic heterocycles. The second kappa shape index (κ2) is 10.1. The van der Waals surface area contributed by atoms with Gasteiger partial charge in [0.05, 0.1) is 0 Å². The first-order valence-corrected chi connectivity index (χ1v) is 8.69. The van der Waals surface area contributed by atoms with Crippen LogP contribution in [0.4, 0.5) is 0 Å². The van der Waals surface area contributed by atoms with Gasteiger partial charge in [-0.05, 0) is 32.7 Å². The van der Waals surface area contributed by atoms with Gasteiger partial charge in [0, 0.05) is 51.1 Å². The first-order valence-electron chi connectivity index (χ1n) is 7.64. The summed E-state index contributed by atoms with van der Waals surface area (Å²) in [7, 11) is 6.27. The summed E-state index contributed by atoms with van der Waals surface area (Å²) >= 11 is 2.08. The van der Waals surface area contributed by atoms with Gasteiger partial charge in [-0.25, -0.2) is 0 Å². The molecule has 5 nitrogen and oxygen atoms in total. The van der Waals surface area contributed by atoms with E-state index in [1.165, 1.54) is 25.1 Å². The normalized spacial score (nSPS) is 28.2. The summed E-state index contributed by atoms with van der Waals surface area (Å²) in [5.41, 5.74) is 0. The molecule has 2 rings (SSSR count). The molecular formula is C14H30IN5S. The molecule has 0 aromatic carbocycles. The van der Waals surface area contributed by atoms with Crippen LogP contribution in [0.2, 0.25) is 0 Å². The monoisotopic (exact) mass is 427 g/mol. The highest BCUT2D eigenvalue weighted by Gasteiger charge is 2.22. The van der Waals surface area contributed by atoms with E-state index in [4.69, 9.17) is 0 Å². The van der Waals surface area contributed by atoms with Crippen molar-refractivity contribution in [2.75, 3.05) is 59.6 Å². The van der Waals surface area contributed by atoms with E-state index in [1.807, 2.05) is 7.05 Å². The number of guanidine groups is 1. The van der Waals surface area contributed by atoms with Crippen LogP contribution in [0.25, 0.3) is 0 Å². The number of likely N-dealkylation sites (N-methyl/N-ethyl adjacent to an activating group) is 2. The molecular weight excluding hydrogens is 397 g/mol. The average molecular weight is 427 g/mol. The van der Waals surface area contributed by atoms with Crippen molar-refractivity contribution in [3.63, 3.8) is 0 Å². The average Bonchev–Trinajstić information content (AvgIpc) is 2.96. The fourth-order valence-corrected chi connectivity index (χ4v) is 3.97. The zero-order valence-electron chi connectivity index (χ0n) is 13.5. The van der Waals surface area contributed by atoms with Gasteiger partial charge in [0.25, 0.3) is 0 Å². The SMILES string of the molecule is CN=C(NCC1CCCS1)NCC1CN(C)CCN1C.I. The van der Waals surface area contributed by atoms with E-state index in [2.05, 4.69) is 51.3 Å². The van der Waals surface area contributed by atoms with Gasteiger partial charge in [-0.2, -0.15) is 11.8 Å². The molecule has 2 saturated heterocycles. The van der Waals surface area contributed by atoms with Gasteiger partial charge in [-0.1, -0.05) is 0 Å². The van der Waals surface area contributed by atoms with Crippen molar-refractivity contribution >= 4 is 41.7 Å². The van der Waals surface area contributed by atoms with Crippen LogP contribution in [-0.2, 0) is 0 Å². The van der Waals surface area contributed by atoms with Crippen molar-refractivity contribution in [2.45, 2.75) is 24.1 Å². The van der Waals surface area contributed by atoms with Crippen LogP contribution in [-0.4, -0.2) is 86.7 Å².